The van der Waals surface area contributed by atoms with E-state index in [1.807, 2.05) is 48.4 Å². The van der Waals surface area contributed by atoms with Gasteiger partial charge in [-0.2, -0.15) is 0 Å². The molecule has 0 unspecified atom stereocenters. The summed E-state index contributed by atoms with van der Waals surface area (Å²) in [6.07, 6.45) is 5.88. The number of fused-ring (bicyclic) bond motifs is 1. The van der Waals surface area contributed by atoms with Crippen LogP contribution >= 0.6 is 22.4 Å². The van der Waals surface area contributed by atoms with Crippen LogP contribution in [0, 0.1) is 5.92 Å². The Morgan fingerprint density at radius 3 is 2.66 bits per heavy atom. The van der Waals surface area contributed by atoms with Gasteiger partial charge in [-0.3, -0.25) is 9.11 Å². The summed E-state index contributed by atoms with van der Waals surface area (Å²) < 4.78 is 43.2. The van der Waals surface area contributed by atoms with Gasteiger partial charge in [-0.05, 0) is 30.9 Å². The second-order valence-electron chi connectivity index (χ2n) is 7.52. The zero-order chi connectivity index (χ0) is 23.3. The van der Waals surface area contributed by atoms with Crippen LogP contribution in [0.2, 0.25) is 0 Å². The minimum atomic E-state index is -3.80. The monoisotopic (exact) mass is 481 g/mol. The number of alkyl halides is 1. The molecule has 0 saturated heterocycles. The first kappa shape index (κ1) is 24.4. The van der Waals surface area contributed by atoms with Gasteiger partial charge in [0.25, 0.3) is 0 Å². The van der Waals surface area contributed by atoms with E-state index in [2.05, 4.69) is 0 Å². The quantitative estimate of drug-likeness (QED) is 0.218. The standard InChI is InChI=1S/C23H28FNO5S2/c1-3-4-8-16-15-25(17-9-6-5-7-10-17)18-13-20(31-2)19(30-12-11-22(26)27)14-21(18)32(28,29)23(16)24/h5-7,9-14,16,23,28-29H,3-4,8,15H2,1-2H3,(H,26,27)/b12-11+/t16-,23-/m1/s1. The third-order valence-corrected chi connectivity index (χ3v) is 8.11. The maximum Gasteiger partial charge on any atom is 0.331 e. The van der Waals surface area contributed by atoms with E-state index in [0.29, 0.717) is 23.5 Å². The lowest BCUT2D eigenvalue weighted by Gasteiger charge is -2.37. The Morgan fingerprint density at radius 2 is 2.03 bits per heavy atom. The van der Waals surface area contributed by atoms with Crippen LogP contribution in [0.25, 0.3) is 0 Å². The highest BCUT2D eigenvalue weighted by atomic mass is 32.3. The second-order valence-corrected chi connectivity index (χ2v) is 10.4. The number of ether oxygens (including phenoxy) is 1. The lowest BCUT2D eigenvalue weighted by molar-refractivity contribution is -0.131. The number of benzene rings is 2. The normalized spacial score (nSPS) is 21.1. The highest BCUT2D eigenvalue weighted by Crippen LogP contribution is 2.63. The molecule has 2 aromatic carbocycles. The van der Waals surface area contributed by atoms with Gasteiger partial charge in [-0.15, -0.1) is 22.4 Å². The van der Waals surface area contributed by atoms with Gasteiger partial charge >= 0.3 is 5.97 Å². The molecule has 2 aromatic rings. The molecule has 6 nitrogen and oxygen atoms in total. The summed E-state index contributed by atoms with van der Waals surface area (Å²) in [6.45, 7) is 2.33. The van der Waals surface area contributed by atoms with Gasteiger partial charge in [0.15, 0.2) is 5.50 Å². The largest absolute Gasteiger partial charge is 0.478 e. The SMILES string of the molecule is CCCC[C@@H]1CN(c2ccccc2)c2cc(SC)c(O/C=C/C(=O)O)cc2S(O)(O)[C@H]1F. The smallest absolute Gasteiger partial charge is 0.331 e. The maximum absolute atomic E-state index is 15.6. The van der Waals surface area contributed by atoms with E-state index in [1.54, 1.807) is 6.07 Å². The molecule has 0 spiro atoms. The van der Waals surface area contributed by atoms with E-state index >= 15 is 4.39 Å². The Labute approximate surface area is 193 Å². The molecule has 0 bridgehead atoms. The van der Waals surface area contributed by atoms with E-state index in [4.69, 9.17) is 9.84 Å². The zero-order valence-electron chi connectivity index (χ0n) is 18.0. The van der Waals surface area contributed by atoms with Crippen LogP contribution in [0.3, 0.4) is 0 Å². The molecule has 0 fully saturated rings. The van der Waals surface area contributed by atoms with Gasteiger partial charge in [0.2, 0.25) is 0 Å². The first-order chi connectivity index (χ1) is 15.3. The van der Waals surface area contributed by atoms with Crippen molar-refractivity contribution in [1.29, 1.82) is 0 Å². The number of rotatable bonds is 8. The third-order valence-electron chi connectivity index (χ3n) is 5.36. The van der Waals surface area contributed by atoms with Crippen molar-refractivity contribution in [3.8, 4) is 5.75 Å². The summed E-state index contributed by atoms with van der Waals surface area (Å²) in [5.41, 5.74) is -0.494. The van der Waals surface area contributed by atoms with Gasteiger partial charge in [-0.25, -0.2) is 9.18 Å². The molecule has 32 heavy (non-hydrogen) atoms. The number of hydrogen-bond acceptors (Lipinski definition) is 6. The molecule has 3 N–H and O–H groups in total. The van der Waals surface area contributed by atoms with Crippen LogP contribution in [0.1, 0.15) is 26.2 Å². The number of carboxylic acids is 1. The van der Waals surface area contributed by atoms with E-state index in [9.17, 15) is 13.9 Å². The van der Waals surface area contributed by atoms with E-state index < -0.39 is 28.0 Å². The van der Waals surface area contributed by atoms with Crippen molar-refractivity contribution in [2.75, 3.05) is 17.7 Å². The van der Waals surface area contributed by atoms with Crippen molar-refractivity contribution < 1.29 is 28.1 Å². The molecule has 0 aromatic heterocycles. The number of unbranched alkanes of at least 4 members (excludes halogenated alkanes) is 1. The van der Waals surface area contributed by atoms with Crippen molar-refractivity contribution in [1.82, 2.24) is 0 Å². The Morgan fingerprint density at radius 1 is 1.31 bits per heavy atom. The Hall–Kier alpha value is -2.20. The van der Waals surface area contributed by atoms with E-state index in [1.165, 1.54) is 17.8 Å². The molecular formula is C23H28FNO5S2. The fraction of sp³-hybridized carbons (Fsp3) is 0.348. The van der Waals surface area contributed by atoms with Crippen LogP contribution in [-0.4, -0.2) is 38.5 Å². The predicted molar refractivity (Wildman–Crippen MR) is 128 cm³/mol. The number of para-hydroxylation sites is 1. The van der Waals surface area contributed by atoms with Crippen LogP contribution < -0.4 is 9.64 Å². The number of anilines is 2. The first-order valence-electron chi connectivity index (χ1n) is 10.3. The summed E-state index contributed by atoms with van der Waals surface area (Å²) in [7, 11) is -3.80. The average molecular weight is 482 g/mol. The molecule has 9 heteroatoms. The molecule has 3 rings (SSSR count). The molecule has 174 valence electrons. The van der Waals surface area contributed by atoms with Crippen molar-refractivity contribution in [2.24, 2.45) is 5.92 Å². The number of nitrogens with zero attached hydrogens (tertiary/aromatic N) is 1. The second kappa shape index (κ2) is 10.6. The van der Waals surface area contributed by atoms with Crippen molar-refractivity contribution in [2.45, 2.75) is 41.5 Å². The van der Waals surface area contributed by atoms with Gasteiger partial charge in [0.1, 0.15) is 5.75 Å². The maximum atomic E-state index is 15.6. The van der Waals surface area contributed by atoms with Crippen LogP contribution in [0.5, 0.6) is 5.75 Å². The first-order valence-corrected chi connectivity index (χ1v) is 13.1. The summed E-state index contributed by atoms with van der Waals surface area (Å²) in [5, 5.41) is 8.82. The molecule has 1 heterocycles. The number of carbonyl (C=O) groups is 1. The highest BCUT2D eigenvalue weighted by Gasteiger charge is 2.42. The lowest BCUT2D eigenvalue weighted by Crippen LogP contribution is -2.30. The highest BCUT2D eigenvalue weighted by molar-refractivity contribution is 8.24. The Bertz CT molecular complexity index is 970. The van der Waals surface area contributed by atoms with Crippen molar-refractivity contribution in [3.63, 3.8) is 0 Å². The molecule has 2 atom stereocenters. The van der Waals surface area contributed by atoms with Gasteiger partial charge < -0.3 is 14.7 Å². The number of aliphatic carboxylic acids is 1. The van der Waals surface area contributed by atoms with Crippen molar-refractivity contribution in [3.05, 3.63) is 54.8 Å². The Balaban J connectivity index is 2.17. The molecule has 0 saturated carbocycles. The molecule has 1 aliphatic heterocycles. The number of carboxylic acid groups (broad SMARTS) is 1. The van der Waals surface area contributed by atoms with Crippen molar-refractivity contribution >= 4 is 39.7 Å². The minimum absolute atomic E-state index is 0.0596. The summed E-state index contributed by atoms with van der Waals surface area (Å²) in [6, 6.07) is 12.6. The number of hydrogen-bond donors (Lipinski definition) is 3. The van der Waals surface area contributed by atoms with Crippen LogP contribution in [0.4, 0.5) is 15.8 Å². The fourth-order valence-corrected chi connectivity index (χ4v) is 6.04. The third kappa shape index (κ3) is 5.23. The summed E-state index contributed by atoms with van der Waals surface area (Å²) in [4.78, 5) is 13.4. The fourth-order valence-electron chi connectivity index (χ4n) is 3.75. The van der Waals surface area contributed by atoms with Crippen LogP contribution in [-0.2, 0) is 4.79 Å². The number of halogens is 1. The minimum Gasteiger partial charge on any atom is -0.478 e. The van der Waals surface area contributed by atoms with Crippen LogP contribution in [0.15, 0.2) is 64.6 Å². The van der Waals surface area contributed by atoms with E-state index in [-0.39, 0.29) is 10.6 Å². The topological polar surface area (TPSA) is 90.2 Å². The van der Waals surface area contributed by atoms with E-state index in [0.717, 1.165) is 30.9 Å². The molecular weight excluding hydrogens is 453 g/mol. The zero-order valence-corrected chi connectivity index (χ0v) is 19.6. The van der Waals surface area contributed by atoms with Gasteiger partial charge in [-0.1, -0.05) is 38.0 Å². The lowest BCUT2D eigenvalue weighted by atomic mass is 10.0. The van der Waals surface area contributed by atoms with Gasteiger partial charge in [0.05, 0.1) is 27.8 Å². The molecule has 0 aliphatic carbocycles. The Kier molecular flexibility index (Phi) is 8.10. The predicted octanol–water partition coefficient (Wildman–Crippen LogP) is 6.75. The van der Waals surface area contributed by atoms with Gasteiger partial charge in [0, 0.05) is 24.2 Å². The molecule has 0 radical (unpaired) electrons. The summed E-state index contributed by atoms with van der Waals surface area (Å²) in [5.74, 6) is -1.50. The summed E-state index contributed by atoms with van der Waals surface area (Å²) >= 11 is 1.37. The molecule has 0 amide bonds. The average Bonchev–Trinajstić information content (AvgIpc) is 2.86. The number of thioether (sulfide) groups is 1. The molecule has 1 aliphatic rings.